The summed E-state index contributed by atoms with van der Waals surface area (Å²) in [7, 11) is 0. The molecule has 2 aliphatic heterocycles. The number of nitrogens with zero attached hydrogens (tertiary/aromatic N) is 1. The van der Waals surface area contributed by atoms with Crippen LogP contribution < -0.4 is 25.0 Å². The first-order chi connectivity index (χ1) is 13.9. The maximum Gasteiger partial charge on any atom is 0.262 e. The molecule has 2 aromatic carbocycles. The SMILES string of the molecule is CC1(C)Cc2cccc(OCC(=O)Nc3ccccc3N3CCNC(=O)C3)c2O1. The molecule has 7 heteroatoms. The van der Waals surface area contributed by atoms with Crippen molar-refractivity contribution in [1.82, 2.24) is 5.32 Å². The quantitative estimate of drug-likeness (QED) is 0.813. The van der Waals surface area contributed by atoms with Gasteiger partial charge in [-0.15, -0.1) is 0 Å². The number of benzene rings is 2. The zero-order valence-electron chi connectivity index (χ0n) is 16.7. The predicted molar refractivity (Wildman–Crippen MR) is 111 cm³/mol. The summed E-state index contributed by atoms with van der Waals surface area (Å²) >= 11 is 0. The molecule has 0 spiro atoms. The van der Waals surface area contributed by atoms with E-state index in [-0.39, 0.29) is 30.6 Å². The Hall–Kier alpha value is -3.22. The molecular formula is C22H25N3O4. The molecule has 4 rings (SSSR count). The van der Waals surface area contributed by atoms with E-state index in [0.717, 1.165) is 17.7 Å². The van der Waals surface area contributed by atoms with E-state index in [4.69, 9.17) is 9.47 Å². The van der Waals surface area contributed by atoms with Gasteiger partial charge in [0.15, 0.2) is 18.1 Å². The average Bonchev–Trinajstić information content (AvgIpc) is 3.01. The van der Waals surface area contributed by atoms with Gasteiger partial charge in [-0.25, -0.2) is 0 Å². The van der Waals surface area contributed by atoms with Gasteiger partial charge in [-0.1, -0.05) is 24.3 Å². The molecular weight excluding hydrogens is 370 g/mol. The zero-order chi connectivity index (χ0) is 20.4. The standard InChI is InChI=1S/C22H25N3O4/c1-22(2)12-15-6-5-9-18(21(15)29-22)28-14-20(27)24-16-7-3-4-8-17(16)25-11-10-23-19(26)13-25/h3-9H,10-14H2,1-2H3,(H,23,26)(H,24,27). The van der Waals surface area contributed by atoms with Crippen LogP contribution in [0, 0.1) is 0 Å². The van der Waals surface area contributed by atoms with Gasteiger partial charge < -0.3 is 25.0 Å². The van der Waals surface area contributed by atoms with Crippen molar-refractivity contribution in [2.75, 3.05) is 36.5 Å². The van der Waals surface area contributed by atoms with Gasteiger partial charge >= 0.3 is 0 Å². The molecule has 1 fully saturated rings. The molecule has 2 aliphatic rings. The molecule has 0 bridgehead atoms. The second-order valence-electron chi connectivity index (χ2n) is 7.91. The van der Waals surface area contributed by atoms with Crippen LogP contribution in [0.3, 0.4) is 0 Å². The molecule has 2 N–H and O–H groups in total. The van der Waals surface area contributed by atoms with E-state index < -0.39 is 0 Å². The van der Waals surface area contributed by atoms with Gasteiger partial charge in [0, 0.05) is 25.1 Å². The lowest BCUT2D eigenvalue weighted by molar-refractivity contribution is -0.120. The highest BCUT2D eigenvalue weighted by molar-refractivity contribution is 5.96. The third kappa shape index (κ3) is 4.29. The molecule has 0 unspecified atom stereocenters. The maximum absolute atomic E-state index is 12.5. The first-order valence-corrected chi connectivity index (χ1v) is 9.75. The van der Waals surface area contributed by atoms with Crippen LogP contribution in [0.1, 0.15) is 19.4 Å². The fourth-order valence-electron chi connectivity index (χ4n) is 3.73. The van der Waals surface area contributed by atoms with Crippen LogP contribution >= 0.6 is 0 Å². The highest BCUT2D eigenvalue weighted by Gasteiger charge is 2.32. The van der Waals surface area contributed by atoms with Gasteiger partial charge in [-0.3, -0.25) is 9.59 Å². The molecule has 2 heterocycles. The Bertz CT molecular complexity index is 941. The Kier molecular flexibility index (Phi) is 5.05. The summed E-state index contributed by atoms with van der Waals surface area (Å²) in [5.41, 5.74) is 2.29. The van der Waals surface area contributed by atoms with Crippen molar-refractivity contribution in [3.8, 4) is 11.5 Å². The van der Waals surface area contributed by atoms with Gasteiger partial charge in [0.2, 0.25) is 5.91 Å². The molecule has 0 aliphatic carbocycles. The fourth-order valence-corrected chi connectivity index (χ4v) is 3.73. The summed E-state index contributed by atoms with van der Waals surface area (Å²) in [6.07, 6.45) is 0.808. The maximum atomic E-state index is 12.5. The summed E-state index contributed by atoms with van der Waals surface area (Å²) < 4.78 is 11.7. The number of anilines is 2. The van der Waals surface area contributed by atoms with Crippen LogP contribution in [0.15, 0.2) is 42.5 Å². The number of carbonyl (C=O) groups is 2. The van der Waals surface area contributed by atoms with Crippen molar-refractivity contribution in [3.63, 3.8) is 0 Å². The Morgan fingerprint density at radius 3 is 2.90 bits per heavy atom. The van der Waals surface area contributed by atoms with E-state index in [9.17, 15) is 9.59 Å². The number of rotatable bonds is 5. The van der Waals surface area contributed by atoms with E-state index in [1.165, 1.54) is 0 Å². The number of piperazine rings is 1. The summed E-state index contributed by atoms with van der Waals surface area (Å²) in [5.74, 6) is 0.990. The van der Waals surface area contributed by atoms with Crippen LogP contribution in [0.4, 0.5) is 11.4 Å². The van der Waals surface area contributed by atoms with Crippen LogP contribution in [-0.2, 0) is 16.0 Å². The second kappa shape index (κ2) is 7.66. The van der Waals surface area contributed by atoms with Gasteiger partial charge in [0.05, 0.1) is 17.9 Å². The van der Waals surface area contributed by atoms with Crippen molar-refractivity contribution < 1.29 is 19.1 Å². The first kappa shape index (κ1) is 19.1. The zero-order valence-corrected chi connectivity index (χ0v) is 16.7. The lowest BCUT2D eigenvalue weighted by Gasteiger charge is -2.30. The monoisotopic (exact) mass is 395 g/mol. The molecule has 7 nitrogen and oxygen atoms in total. The number of hydrogen-bond acceptors (Lipinski definition) is 5. The normalized spacial score (nSPS) is 17.2. The van der Waals surface area contributed by atoms with Crippen LogP contribution in [0.2, 0.25) is 0 Å². The van der Waals surface area contributed by atoms with E-state index in [2.05, 4.69) is 10.6 Å². The number of hydrogen-bond donors (Lipinski definition) is 2. The molecule has 0 saturated carbocycles. The number of carbonyl (C=O) groups excluding carboxylic acids is 2. The van der Waals surface area contributed by atoms with Crippen molar-refractivity contribution in [1.29, 1.82) is 0 Å². The number of para-hydroxylation sites is 3. The van der Waals surface area contributed by atoms with E-state index >= 15 is 0 Å². The van der Waals surface area contributed by atoms with E-state index in [0.29, 0.717) is 30.3 Å². The number of amides is 2. The third-order valence-corrected chi connectivity index (χ3v) is 4.97. The van der Waals surface area contributed by atoms with Gasteiger partial charge in [-0.2, -0.15) is 0 Å². The first-order valence-electron chi connectivity index (χ1n) is 9.75. The molecule has 0 atom stereocenters. The molecule has 0 aromatic heterocycles. The number of nitrogens with one attached hydrogen (secondary N) is 2. The Balaban J connectivity index is 1.42. The number of ether oxygens (including phenoxy) is 2. The molecule has 152 valence electrons. The van der Waals surface area contributed by atoms with Crippen molar-refractivity contribution in [3.05, 3.63) is 48.0 Å². The van der Waals surface area contributed by atoms with Gasteiger partial charge in [0.1, 0.15) is 5.60 Å². The summed E-state index contributed by atoms with van der Waals surface area (Å²) in [4.78, 5) is 26.2. The predicted octanol–water partition coefficient (Wildman–Crippen LogP) is 2.35. The smallest absolute Gasteiger partial charge is 0.262 e. The lowest BCUT2D eigenvalue weighted by Crippen LogP contribution is -2.48. The molecule has 2 amide bonds. The largest absolute Gasteiger partial charge is 0.483 e. The minimum absolute atomic E-state index is 0.0263. The van der Waals surface area contributed by atoms with Gasteiger partial charge in [0.25, 0.3) is 5.91 Å². The van der Waals surface area contributed by atoms with Gasteiger partial charge in [-0.05, 0) is 32.0 Å². The fraction of sp³-hybridized carbons (Fsp3) is 0.364. The highest BCUT2D eigenvalue weighted by Crippen LogP contribution is 2.41. The van der Waals surface area contributed by atoms with Crippen LogP contribution in [0.5, 0.6) is 11.5 Å². The second-order valence-corrected chi connectivity index (χ2v) is 7.91. The Morgan fingerprint density at radius 1 is 1.24 bits per heavy atom. The van der Waals surface area contributed by atoms with Crippen molar-refractivity contribution >= 4 is 23.2 Å². The Labute approximate surface area is 170 Å². The van der Waals surface area contributed by atoms with E-state index in [1.54, 1.807) is 0 Å². The topological polar surface area (TPSA) is 79.9 Å². The highest BCUT2D eigenvalue weighted by atomic mass is 16.5. The molecule has 0 radical (unpaired) electrons. The third-order valence-electron chi connectivity index (χ3n) is 4.97. The van der Waals surface area contributed by atoms with Crippen molar-refractivity contribution in [2.45, 2.75) is 25.9 Å². The van der Waals surface area contributed by atoms with Crippen molar-refractivity contribution in [2.24, 2.45) is 0 Å². The average molecular weight is 395 g/mol. The summed E-state index contributed by atoms with van der Waals surface area (Å²) in [6, 6.07) is 13.2. The van der Waals surface area contributed by atoms with E-state index in [1.807, 2.05) is 61.2 Å². The number of fused-ring (bicyclic) bond motifs is 1. The minimum atomic E-state index is -0.274. The lowest BCUT2D eigenvalue weighted by atomic mass is 10.0. The van der Waals surface area contributed by atoms with Crippen LogP contribution in [-0.4, -0.2) is 43.7 Å². The molecule has 2 aromatic rings. The Morgan fingerprint density at radius 2 is 2.07 bits per heavy atom. The molecule has 1 saturated heterocycles. The minimum Gasteiger partial charge on any atom is -0.483 e. The summed E-state index contributed by atoms with van der Waals surface area (Å²) in [5, 5.41) is 5.71. The molecule has 29 heavy (non-hydrogen) atoms. The summed E-state index contributed by atoms with van der Waals surface area (Å²) in [6.45, 7) is 5.47. The van der Waals surface area contributed by atoms with Crippen LogP contribution in [0.25, 0.3) is 0 Å².